The Morgan fingerprint density at radius 2 is 1.71 bits per heavy atom. The van der Waals surface area contributed by atoms with Crippen LogP contribution in [0.2, 0.25) is 0 Å². The van der Waals surface area contributed by atoms with Gasteiger partial charge in [-0.15, -0.1) is 0 Å². The highest BCUT2D eigenvalue weighted by molar-refractivity contribution is 7.86. The zero-order valence-electron chi connectivity index (χ0n) is 10.6. The minimum absolute atomic E-state index is 0.0667. The minimum atomic E-state index is -3.23. The second kappa shape index (κ2) is 5.65. The summed E-state index contributed by atoms with van der Waals surface area (Å²) >= 11 is 0. The molecule has 0 amide bonds. The molecule has 0 aliphatic carbocycles. The van der Waals surface area contributed by atoms with Crippen LogP contribution in [-0.2, 0) is 10.2 Å². The largest absolute Gasteiger partial charge is 0.314 e. The van der Waals surface area contributed by atoms with Crippen molar-refractivity contribution in [2.24, 2.45) is 0 Å². The fourth-order valence-corrected chi connectivity index (χ4v) is 4.45. The van der Waals surface area contributed by atoms with Gasteiger partial charge in [-0.2, -0.15) is 17.0 Å². The van der Waals surface area contributed by atoms with Gasteiger partial charge in [-0.3, -0.25) is 0 Å². The third-order valence-corrected chi connectivity index (χ3v) is 5.78. The molecule has 0 saturated carbocycles. The maximum Gasteiger partial charge on any atom is 0.282 e. The molecule has 5 nitrogen and oxygen atoms in total. The van der Waals surface area contributed by atoms with Gasteiger partial charge in [0.2, 0.25) is 0 Å². The van der Waals surface area contributed by atoms with E-state index >= 15 is 0 Å². The topological polar surface area (TPSA) is 52.7 Å². The number of hydrogen-bond donors (Lipinski definition) is 1. The third kappa shape index (κ3) is 2.99. The van der Waals surface area contributed by atoms with Crippen LogP contribution in [0.25, 0.3) is 0 Å². The Kier molecular flexibility index (Phi) is 4.41. The van der Waals surface area contributed by atoms with Crippen molar-refractivity contribution >= 4 is 10.2 Å². The molecule has 0 aromatic carbocycles. The first-order valence-electron chi connectivity index (χ1n) is 6.60. The van der Waals surface area contributed by atoms with Crippen molar-refractivity contribution in [3.8, 4) is 0 Å². The Hall–Kier alpha value is -0.170. The van der Waals surface area contributed by atoms with Gasteiger partial charge >= 0.3 is 0 Å². The van der Waals surface area contributed by atoms with Gasteiger partial charge in [0.15, 0.2) is 0 Å². The molecule has 2 rings (SSSR count). The molecule has 1 atom stereocenters. The Morgan fingerprint density at radius 3 is 2.29 bits per heavy atom. The van der Waals surface area contributed by atoms with E-state index in [1.807, 2.05) is 6.92 Å². The van der Waals surface area contributed by atoms with Crippen LogP contribution >= 0.6 is 0 Å². The molecular weight excluding hydrogens is 238 g/mol. The smallest absolute Gasteiger partial charge is 0.282 e. The number of hydrogen-bond acceptors (Lipinski definition) is 3. The van der Waals surface area contributed by atoms with Crippen molar-refractivity contribution < 1.29 is 8.42 Å². The quantitative estimate of drug-likeness (QED) is 0.783. The van der Waals surface area contributed by atoms with E-state index in [1.165, 1.54) is 0 Å². The Balaban J connectivity index is 2.10. The van der Waals surface area contributed by atoms with Crippen LogP contribution in [0.4, 0.5) is 0 Å². The zero-order chi connectivity index (χ0) is 12.3. The molecular formula is C11H23N3O2S. The lowest BCUT2D eigenvalue weighted by Gasteiger charge is -2.36. The zero-order valence-corrected chi connectivity index (χ0v) is 11.4. The van der Waals surface area contributed by atoms with Gasteiger partial charge in [-0.05, 0) is 19.8 Å². The van der Waals surface area contributed by atoms with Crippen molar-refractivity contribution in [2.75, 3.05) is 32.7 Å². The van der Waals surface area contributed by atoms with Crippen LogP contribution in [0, 0.1) is 0 Å². The van der Waals surface area contributed by atoms with E-state index in [0.717, 1.165) is 38.8 Å². The van der Waals surface area contributed by atoms with E-state index in [0.29, 0.717) is 19.6 Å². The molecule has 2 saturated heterocycles. The molecule has 0 bridgehead atoms. The lowest BCUT2D eigenvalue weighted by Crippen LogP contribution is -2.56. The standard InChI is InChI=1S/C11H23N3O2S/c1-11-10-12-6-9-14(11)17(15,16)13-7-4-2-3-5-8-13/h11-12H,2-10H2,1H3/t11-/m0/s1. The molecule has 6 heteroatoms. The summed E-state index contributed by atoms with van der Waals surface area (Å²) < 4.78 is 28.4. The van der Waals surface area contributed by atoms with Crippen molar-refractivity contribution in [1.82, 2.24) is 13.9 Å². The molecule has 17 heavy (non-hydrogen) atoms. The van der Waals surface area contributed by atoms with E-state index in [2.05, 4.69) is 5.32 Å². The van der Waals surface area contributed by atoms with Crippen LogP contribution in [0.1, 0.15) is 32.6 Å². The predicted molar refractivity (Wildman–Crippen MR) is 68.0 cm³/mol. The highest BCUT2D eigenvalue weighted by atomic mass is 32.2. The fraction of sp³-hybridized carbons (Fsp3) is 1.00. The second-order valence-electron chi connectivity index (χ2n) is 4.98. The molecule has 2 aliphatic heterocycles. The Bertz CT molecular complexity index is 337. The fourth-order valence-electron chi connectivity index (χ4n) is 2.59. The average molecular weight is 261 g/mol. The molecule has 2 fully saturated rings. The Morgan fingerprint density at radius 1 is 1.06 bits per heavy atom. The van der Waals surface area contributed by atoms with E-state index in [4.69, 9.17) is 0 Å². The maximum absolute atomic E-state index is 12.5. The molecule has 2 heterocycles. The summed E-state index contributed by atoms with van der Waals surface area (Å²) in [5, 5.41) is 3.23. The molecule has 0 aromatic rings. The molecule has 0 radical (unpaired) electrons. The van der Waals surface area contributed by atoms with Crippen molar-refractivity contribution in [2.45, 2.75) is 38.6 Å². The summed E-state index contributed by atoms with van der Waals surface area (Å²) in [4.78, 5) is 0. The van der Waals surface area contributed by atoms with E-state index in [9.17, 15) is 8.42 Å². The summed E-state index contributed by atoms with van der Waals surface area (Å²) in [5.41, 5.74) is 0. The number of piperazine rings is 1. The summed E-state index contributed by atoms with van der Waals surface area (Å²) in [7, 11) is -3.23. The van der Waals surface area contributed by atoms with Crippen LogP contribution in [-0.4, -0.2) is 55.8 Å². The van der Waals surface area contributed by atoms with Crippen LogP contribution < -0.4 is 5.32 Å². The number of nitrogens with zero attached hydrogens (tertiary/aromatic N) is 2. The van der Waals surface area contributed by atoms with Crippen molar-refractivity contribution in [3.63, 3.8) is 0 Å². The summed E-state index contributed by atoms with van der Waals surface area (Å²) in [6, 6.07) is 0.0667. The second-order valence-corrected chi connectivity index (χ2v) is 6.87. The first kappa shape index (κ1) is 13.3. The van der Waals surface area contributed by atoms with Crippen LogP contribution in [0.15, 0.2) is 0 Å². The molecule has 0 aromatic heterocycles. The van der Waals surface area contributed by atoms with E-state index < -0.39 is 10.2 Å². The van der Waals surface area contributed by atoms with Crippen LogP contribution in [0.5, 0.6) is 0 Å². The lowest BCUT2D eigenvalue weighted by molar-refractivity contribution is 0.257. The minimum Gasteiger partial charge on any atom is -0.314 e. The normalized spacial score (nSPS) is 30.1. The first-order chi connectivity index (χ1) is 8.12. The third-order valence-electron chi connectivity index (χ3n) is 3.63. The lowest BCUT2D eigenvalue weighted by atomic mass is 10.2. The number of rotatable bonds is 2. The monoisotopic (exact) mass is 261 g/mol. The highest BCUT2D eigenvalue weighted by Crippen LogP contribution is 2.18. The molecule has 0 unspecified atom stereocenters. The average Bonchev–Trinajstić information content (AvgIpc) is 2.58. The molecule has 100 valence electrons. The summed E-state index contributed by atoms with van der Waals surface area (Å²) in [6.45, 7) is 5.48. The van der Waals surface area contributed by atoms with Gasteiger partial charge in [0.25, 0.3) is 10.2 Å². The SMILES string of the molecule is C[C@H]1CNCCN1S(=O)(=O)N1CCCCCC1. The molecule has 1 N–H and O–H groups in total. The summed E-state index contributed by atoms with van der Waals surface area (Å²) in [5.74, 6) is 0. The van der Waals surface area contributed by atoms with Gasteiger partial charge in [-0.25, -0.2) is 0 Å². The van der Waals surface area contributed by atoms with Crippen molar-refractivity contribution in [1.29, 1.82) is 0 Å². The van der Waals surface area contributed by atoms with Crippen molar-refractivity contribution in [3.05, 3.63) is 0 Å². The van der Waals surface area contributed by atoms with E-state index in [-0.39, 0.29) is 6.04 Å². The van der Waals surface area contributed by atoms with Gasteiger partial charge in [0.1, 0.15) is 0 Å². The molecule has 2 aliphatic rings. The first-order valence-corrected chi connectivity index (χ1v) is 8.00. The Labute approximate surface area is 104 Å². The maximum atomic E-state index is 12.5. The van der Waals surface area contributed by atoms with E-state index in [1.54, 1.807) is 8.61 Å². The summed E-state index contributed by atoms with van der Waals surface area (Å²) in [6.07, 6.45) is 4.31. The predicted octanol–water partition coefficient (Wildman–Crippen LogP) is 0.401. The van der Waals surface area contributed by atoms with Gasteiger partial charge in [0.05, 0.1) is 0 Å². The highest BCUT2D eigenvalue weighted by Gasteiger charge is 2.34. The molecule has 0 spiro atoms. The van der Waals surface area contributed by atoms with Gasteiger partial charge in [-0.1, -0.05) is 12.8 Å². The van der Waals surface area contributed by atoms with Crippen LogP contribution in [0.3, 0.4) is 0 Å². The van der Waals surface area contributed by atoms with Gasteiger partial charge < -0.3 is 5.32 Å². The van der Waals surface area contributed by atoms with Gasteiger partial charge in [0, 0.05) is 38.8 Å². The number of nitrogens with one attached hydrogen (secondary N) is 1.